The molecule has 7 aliphatic heterocycles. The summed E-state index contributed by atoms with van der Waals surface area (Å²) in [4.78, 5) is 52.9. The van der Waals surface area contributed by atoms with E-state index in [1.165, 1.54) is 135 Å². The third-order valence-corrected chi connectivity index (χ3v) is 25.2. The molecule has 0 aromatic rings. The fourth-order valence-corrected chi connectivity index (χ4v) is 17.7. The van der Waals surface area contributed by atoms with Gasteiger partial charge in [0.2, 0.25) is 23.6 Å². The molecule has 130 heavy (non-hydrogen) atoms. The average Bonchev–Trinajstić information content (AvgIpc) is 0.754. The van der Waals surface area contributed by atoms with Crippen LogP contribution in [0.15, 0.2) is 12.2 Å². The summed E-state index contributed by atoms with van der Waals surface area (Å²) >= 11 is 0. The van der Waals surface area contributed by atoms with Gasteiger partial charge >= 0.3 is 0 Å². The van der Waals surface area contributed by atoms with Crippen LogP contribution < -0.4 is 21.3 Å². The molecule has 14 unspecified atom stereocenters. The fourth-order valence-electron chi connectivity index (χ4n) is 17.7. The van der Waals surface area contributed by atoms with Gasteiger partial charge in [0.1, 0.15) is 171 Å². The number of ether oxygens (including phenoxy) is 14. The first-order valence-corrected chi connectivity index (χ1v) is 47.5. The topological polar surface area (TPSA) is 650 Å². The number of aliphatic hydroxyl groups is 20. The summed E-state index contributed by atoms with van der Waals surface area (Å²) in [6, 6.07) is -6.69. The molecule has 758 valence electrons. The minimum absolute atomic E-state index is 0.149. The maximum atomic E-state index is 13.7. The number of unbranched alkanes of at least 4 members (excludes halogenated alkanes) is 29. The van der Waals surface area contributed by atoms with E-state index in [2.05, 4.69) is 35.1 Å². The monoisotopic (exact) mass is 1880 g/mol. The highest BCUT2D eigenvalue weighted by Crippen LogP contribution is 2.40. The molecule has 42 nitrogen and oxygen atoms in total. The zero-order valence-electron chi connectivity index (χ0n) is 76.1. The van der Waals surface area contributed by atoms with E-state index in [0.29, 0.717) is 12.8 Å². The predicted molar refractivity (Wildman–Crippen MR) is 456 cm³/mol. The minimum Gasteiger partial charge on any atom is -0.394 e. The summed E-state index contributed by atoms with van der Waals surface area (Å²) in [5.41, 5.74) is 0. The van der Waals surface area contributed by atoms with Crippen molar-refractivity contribution in [3.8, 4) is 0 Å². The Morgan fingerprint density at radius 3 is 1.00 bits per heavy atom. The molecule has 7 heterocycles. The van der Waals surface area contributed by atoms with Gasteiger partial charge in [0.15, 0.2) is 44.0 Å². The first-order valence-electron chi connectivity index (χ1n) is 47.5. The zero-order chi connectivity index (χ0) is 95.1. The van der Waals surface area contributed by atoms with Gasteiger partial charge in [-0.3, -0.25) is 19.2 Å². The van der Waals surface area contributed by atoms with Gasteiger partial charge in [-0.25, -0.2) is 0 Å². The predicted octanol–water partition coefficient (Wildman–Crippen LogP) is -2.90. The van der Waals surface area contributed by atoms with E-state index in [0.717, 1.165) is 72.1 Å². The highest BCUT2D eigenvalue weighted by atomic mass is 16.8. The van der Waals surface area contributed by atoms with Crippen LogP contribution in [-0.4, -0.2) is 406 Å². The smallest absolute Gasteiger partial charge is 0.220 e. The molecule has 42 heteroatoms. The van der Waals surface area contributed by atoms with Crippen molar-refractivity contribution < 1.29 is 188 Å². The Morgan fingerprint density at radius 1 is 0.300 bits per heavy atom. The standard InChI is InChI=1S/C88H158N4O38/c1-6-8-10-12-14-16-18-20-21-22-23-24-25-27-29-31-33-35-37-39-60(104)92-51(52(103)38-36-34-32-30-28-26-19-17-15-13-11-9-7-2)47-117-85-73(114)70(111)76(57(44-97)122-85)125-87-74(115)71(112)77(58(45-98)123-87)126-88-75(116)81(130-84-62(90-49(4)101)79(66(107)55(42-95)120-84)128-82-61(89-48(3)100)68(109)64(105)53(40-93)118-82)78(59(46-99)124-88)127-83-63(91-50(5)102)80(67(108)56(43-96)119-83)129-86-72(113)69(110)65(106)54(41-94)121-86/h36,38,51-59,61-88,93-99,103,105-116H,6-35,37,39-47H2,1-5H3,(H,89,100)(H,90,101)(H,91,102)(H,92,104)/b38-36+/t51-,52+,53?,54?,55?,56?,57?,58?,59?,61?,62?,63?,64-,65-,66-,67-,68+,69-,70+,71+,72?,73?,74?,75?,76+,77-,78-,79+,80+,81+,82+,83-,84-,85+,86-,87-,88-/m0/s1. The number of hydrogen-bond acceptors (Lipinski definition) is 38. The molecule has 0 radical (unpaired) electrons. The van der Waals surface area contributed by atoms with Crippen molar-refractivity contribution in [3.63, 3.8) is 0 Å². The van der Waals surface area contributed by atoms with E-state index in [4.69, 9.17) is 66.3 Å². The average molecular weight is 1880 g/mol. The Labute approximate surface area is 761 Å². The lowest BCUT2D eigenvalue weighted by molar-refractivity contribution is -0.400. The largest absolute Gasteiger partial charge is 0.394 e. The molecule has 0 bridgehead atoms. The van der Waals surface area contributed by atoms with Crippen LogP contribution in [0.5, 0.6) is 0 Å². The van der Waals surface area contributed by atoms with Crippen LogP contribution in [0.1, 0.15) is 240 Å². The van der Waals surface area contributed by atoms with E-state index in [9.17, 15) is 121 Å². The van der Waals surface area contributed by atoms with Gasteiger partial charge in [-0.2, -0.15) is 0 Å². The second kappa shape index (κ2) is 60.2. The Balaban J connectivity index is 1.08. The highest BCUT2D eigenvalue weighted by molar-refractivity contribution is 5.76. The number of carbonyl (C=O) groups is 4. The maximum absolute atomic E-state index is 13.7. The number of nitrogens with one attached hydrogen (secondary N) is 4. The Morgan fingerprint density at radius 2 is 0.592 bits per heavy atom. The van der Waals surface area contributed by atoms with Crippen LogP contribution in [0.2, 0.25) is 0 Å². The molecule has 37 atom stereocenters. The van der Waals surface area contributed by atoms with E-state index in [1.807, 2.05) is 6.08 Å². The summed E-state index contributed by atoms with van der Waals surface area (Å²) in [6.45, 7) is -0.634. The van der Waals surface area contributed by atoms with Gasteiger partial charge in [-0.05, 0) is 19.3 Å². The maximum Gasteiger partial charge on any atom is 0.220 e. The van der Waals surface area contributed by atoms with Crippen LogP contribution >= 0.6 is 0 Å². The lowest BCUT2D eigenvalue weighted by Crippen LogP contribution is -2.72. The van der Waals surface area contributed by atoms with Crippen molar-refractivity contribution in [2.75, 3.05) is 52.9 Å². The summed E-state index contributed by atoms with van der Waals surface area (Å²) < 4.78 is 85.2. The molecule has 4 amide bonds. The van der Waals surface area contributed by atoms with Crippen molar-refractivity contribution in [3.05, 3.63) is 12.2 Å². The molecule has 24 N–H and O–H groups in total. The molecule has 0 aromatic heterocycles. The molecule has 7 aliphatic rings. The molecule has 0 aliphatic carbocycles. The SMILES string of the molecule is CCCCCCCCCCCCC/C=C/[C@@H](O)[C@H](CO[C@@H]1OC(CO)[C@@H](O[C@@H]2OC(CO)[C@H](O[C@@H]3OC(CO)[C@H](O[C@@H]4OC(CO)[C@H](O)[C@H](O[C@@H]5OC(CO)[C@H](O)[C@H](O)C5O)C4NC(C)=O)[C@H](O[C@@H]4OC(CO)[C@H](O)[C@H](O[C@H]5OC(CO)[C@H](O)[C@H](O)C5NC(C)=O)C4NC(C)=O)C3O)[C@H](O)C2O)[C@H](O)C1O)NC(=O)CCCCCCCCCCCCCCCCCCCCC. The number of allylic oxidation sites excluding steroid dienone is 1. The Bertz CT molecular complexity index is 3130. The molecule has 0 aromatic carbocycles. The highest BCUT2D eigenvalue weighted by Gasteiger charge is 2.61. The van der Waals surface area contributed by atoms with Crippen molar-refractivity contribution in [1.29, 1.82) is 0 Å². The van der Waals surface area contributed by atoms with Crippen LogP contribution in [-0.2, 0) is 85.5 Å². The lowest BCUT2D eigenvalue weighted by atomic mass is 9.93. The zero-order valence-corrected chi connectivity index (χ0v) is 76.1. The minimum atomic E-state index is -2.51. The number of hydrogen-bond donors (Lipinski definition) is 24. The molecular formula is C88H158N4O38. The number of amides is 4. The van der Waals surface area contributed by atoms with Gasteiger partial charge in [-0.15, -0.1) is 0 Å². The Kier molecular flexibility index (Phi) is 52.4. The van der Waals surface area contributed by atoms with Gasteiger partial charge in [-0.1, -0.05) is 206 Å². The third-order valence-electron chi connectivity index (χ3n) is 25.2. The molecule has 0 saturated carbocycles. The van der Waals surface area contributed by atoms with Gasteiger partial charge < -0.3 is 190 Å². The second-order valence-electron chi connectivity index (χ2n) is 35.6. The third kappa shape index (κ3) is 34.1. The van der Waals surface area contributed by atoms with Crippen LogP contribution in [0, 0.1) is 0 Å². The second-order valence-corrected chi connectivity index (χ2v) is 35.6. The first kappa shape index (κ1) is 113. The summed E-state index contributed by atoms with van der Waals surface area (Å²) in [7, 11) is 0. The van der Waals surface area contributed by atoms with Crippen LogP contribution in [0.25, 0.3) is 0 Å². The lowest BCUT2D eigenvalue weighted by Gasteiger charge is -2.52. The van der Waals surface area contributed by atoms with Crippen molar-refractivity contribution in [2.24, 2.45) is 0 Å². The van der Waals surface area contributed by atoms with Gasteiger partial charge in [0, 0.05) is 27.2 Å². The summed E-state index contributed by atoms with van der Waals surface area (Å²) in [6.07, 6.45) is -26.9. The van der Waals surface area contributed by atoms with Crippen molar-refractivity contribution in [2.45, 2.75) is 467 Å². The van der Waals surface area contributed by atoms with E-state index < -0.39 is 297 Å². The van der Waals surface area contributed by atoms with Gasteiger partial charge in [0.25, 0.3) is 0 Å². The van der Waals surface area contributed by atoms with Crippen LogP contribution in [0.3, 0.4) is 0 Å². The van der Waals surface area contributed by atoms with Crippen LogP contribution in [0.4, 0.5) is 0 Å². The fraction of sp³-hybridized carbons (Fsp3) is 0.932. The van der Waals surface area contributed by atoms with E-state index >= 15 is 0 Å². The molecular weight excluding hydrogens is 1720 g/mol. The van der Waals surface area contributed by atoms with Gasteiger partial charge in [0.05, 0.1) is 65.0 Å². The Hall–Kier alpha value is -3.74. The molecule has 7 fully saturated rings. The number of aliphatic hydroxyl groups excluding tert-OH is 20. The molecule has 0 spiro atoms. The quantitative estimate of drug-likeness (QED) is 0.0215. The molecule has 7 saturated heterocycles. The first-order chi connectivity index (χ1) is 62.4. The molecule has 7 rings (SSSR count). The van der Waals surface area contributed by atoms with Crippen molar-refractivity contribution >= 4 is 23.6 Å². The van der Waals surface area contributed by atoms with E-state index in [-0.39, 0.29) is 12.3 Å². The van der Waals surface area contributed by atoms with E-state index in [1.54, 1.807) is 6.08 Å². The number of carbonyl (C=O) groups excluding carboxylic acids is 4. The summed E-state index contributed by atoms with van der Waals surface area (Å²) in [5.74, 6) is -3.06. The normalized spacial score (nSPS) is 37.2. The number of rotatable bonds is 60. The summed E-state index contributed by atoms with van der Waals surface area (Å²) in [5, 5.41) is 236. The van der Waals surface area contributed by atoms with Crippen molar-refractivity contribution in [1.82, 2.24) is 21.3 Å².